The number of aliphatic hydroxyl groups is 1. The van der Waals surface area contributed by atoms with Gasteiger partial charge in [-0.3, -0.25) is 4.79 Å². The lowest BCUT2D eigenvalue weighted by atomic mass is 10.00. The monoisotopic (exact) mass is 419 g/mol. The Kier molecular flexibility index (Phi) is 6.18. The SMILES string of the molecule is O=C(Cc1ccc(F)cc1)N[C@H](CO)c1ccc(Br)cc1C(F)(F)F. The van der Waals surface area contributed by atoms with Crippen LogP contribution in [0.1, 0.15) is 22.7 Å². The van der Waals surface area contributed by atoms with Crippen LogP contribution in [-0.4, -0.2) is 17.6 Å². The predicted octanol–water partition coefficient (Wildman–Crippen LogP) is 4.00. The van der Waals surface area contributed by atoms with Crippen LogP contribution >= 0.6 is 15.9 Å². The van der Waals surface area contributed by atoms with Gasteiger partial charge in [-0.2, -0.15) is 13.2 Å². The van der Waals surface area contributed by atoms with Gasteiger partial charge in [-0.15, -0.1) is 0 Å². The average molecular weight is 420 g/mol. The highest BCUT2D eigenvalue weighted by atomic mass is 79.9. The number of nitrogens with one attached hydrogen (secondary N) is 1. The molecule has 0 spiro atoms. The zero-order valence-electron chi connectivity index (χ0n) is 12.8. The molecule has 25 heavy (non-hydrogen) atoms. The molecular weight excluding hydrogens is 406 g/mol. The van der Waals surface area contributed by atoms with E-state index < -0.39 is 36.1 Å². The second-order valence-electron chi connectivity index (χ2n) is 5.34. The summed E-state index contributed by atoms with van der Waals surface area (Å²) in [6.07, 6.45) is -4.77. The van der Waals surface area contributed by atoms with E-state index in [1.54, 1.807) is 0 Å². The third-order valence-electron chi connectivity index (χ3n) is 3.49. The molecule has 0 aliphatic rings. The number of aliphatic hydroxyl groups excluding tert-OH is 1. The van der Waals surface area contributed by atoms with Gasteiger partial charge in [-0.25, -0.2) is 4.39 Å². The molecule has 0 radical (unpaired) electrons. The van der Waals surface area contributed by atoms with Crippen molar-refractivity contribution >= 4 is 21.8 Å². The molecule has 0 saturated heterocycles. The minimum atomic E-state index is -4.63. The molecule has 0 unspecified atom stereocenters. The average Bonchev–Trinajstić information content (AvgIpc) is 2.54. The van der Waals surface area contributed by atoms with E-state index in [0.717, 1.165) is 6.07 Å². The highest BCUT2D eigenvalue weighted by Gasteiger charge is 2.35. The predicted molar refractivity (Wildman–Crippen MR) is 87.2 cm³/mol. The standard InChI is InChI=1S/C17H14BrF4NO2/c18-11-3-6-13(14(8-11)17(20,21)22)15(9-24)23-16(25)7-10-1-4-12(19)5-2-10/h1-6,8,15,24H,7,9H2,(H,23,25)/t15-/m1/s1. The van der Waals surface area contributed by atoms with Crippen LogP contribution in [0, 0.1) is 5.82 Å². The first-order valence-electron chi connectivity index (χ1n) is 7.22. The first kappa shape index (κ1) is 19.4. The normalized spacial score (nSPS) is 12.7. The molecule has 0 saturated carbocycles. The zero-order chi connectivity index (χ0) is 18.6. The maximum Gasteiger partial charge on any atom is 0.416 e. The number of rotatable bonds is 5. The molecule has 0 aliphatic heterocycles. The van der Waals surface area contributed by atoms with Crippen molar-refractivity contribution in [2.45, 2.75) is 18.6 Å². The van der Waals surface area contributed by atoms with E-state index in [1.807, 2.05) is 0 Å². The molecule has 134 valence electrons. The summed E-state index contributed by atoms with van der Waals surface area (Å²) in [7, 11) is 0. The van der Waals surface area contributed by atoms with Crippen molar-refractivity contribution in [3.05, 3.63) is 69.4 Å². The van der Waals surface area contributed by atoms with Crippen LogP contribution in [0.5, 0.6) is 0 Å². The lowest BCUT2D eigenvalue weighted by Crippen LogP contribution is -2.33. The van der Waals surface area contributed by atoms with Gasteiger partial charge in [-0.05, 0) is 35.4 Å². The Balaban J connectivity index is 2.20. The number of benzene rings is 2. The summed E-state index contributed by atoms with van der Waals surface area (Å²) >= 11 is 2.98. The van der Waals surface area contributed by atoms with Crippen LogP contribution in [0.15, 0.2) is 46.9 Å². The second-order valence-corrected chi connectivity index (χ2v) is 6.25. The van der Waals surface area contributed by atoms with E-state index in [2.05, 4.69) is 21.2 Å². The molecule has 2 aromatic rings. The van der Waals surface area contributed by atoms with Crippen molar-refractivity contribution in [2.75, 3.05) is 6.61 Å². The Morgan fingerprint density at radius 3 is 2.36 bits per heavy atom. The fourth-order valence-electron chi connectivity index (χ4n) is 2.33. The van der Waals surface area contributed by atoms with Crippen molar-refractivity contribution in [2.24, 2.45) is 0 Å². The van der Waals surface area contributed by atoms with Crippen LogP contribution in [0.2, 0.25) is 0 Å². The fourth-order valence-corrected chi connectivity index (χ4v) is 2.69. The van der Waals surface area contributed by atoms with E-state index in [-0.39, 0.29) is 16.5 Å². The minimum absolute atomic E-state index is 0.144. The molecule has 1 atom stereocenters. The molecule has 0 heterocycles. The van der Waals surface area contributed by atoms with E-state index >= 15 is 0 Å². The molecule has 0 aliphatic carbocycles. The number of halogens is 5. The van der Waals surface area contributed by atoms with E-state index in [1.165, 1.54) is 36.4 Å². The smallest absolute Gasteiger partial charge is 0.394 e. The van der Waals surface area contributed by atoms with E-state index in [0.29, 0.717) is 5.56 Å². The van der Waals surface area contributed by atoms with Gasteiger partial charge in [0, 0.05) is 4.47 Å². The molecule has 2 N–H and O–H groups in total. The summed E-state index contributed by atoms with van der Waals surface area (Å²) in [5.41, 5.74) is -0.670. The number of hydrogen-bond acceptors (Lipinski definition) is 2. The van der Waals surface area contributed by atoms with Crippen molar-refractivity contribution in [1.29, 1.82) is 0 Å². The van der Waals surface area contributed by atoms with Crippen molar-refractivity contribution in [3.63, 3.8) is 0 Å². The number of carbonyl (C=O) groups excluding carboxylic acids is 1. The van der Waals surface area contributed by atoms with Crippen molar-refractivity contribution < 1.29 is 27.5 Å². The van der Waals surface area contributed by atoms with Crippen LogP contribution < -0.4 is 5.32 Å². The van der Waals surface area contributed by atoms with Crippen LogP contribution in [0.25, 0.3) is 0 Å². The molecule has 0 aromatic heterocycles. The quantitative estimate of drug-likeness (QED) is 0.719. The fraction of sp³-hybridized carbons (Fsp3) is 0.235. The van der Waals surface area contributed by atoms with Gasteiger partial charge in [0.2, 0.25) is 5.91 Å². The van der Waals surface area contributed by atoms with Gasteiger partial charge in [0.25, 0.3) is 0 Å². The maximum atomic E-state index is 13.2. The van der Waals surface area contributed by atoms with Crippen LogP contribution in [0.4, 0.5) is 17.6 Å². The Morgan fingerprint density at radius 2 is 1.80 bits per heavy atom. The molecule has 3 nitrogen and oxygen atoms in total. The Bertz CT molecular complexity index is 747. The summed E-state index contributed by atoms with van der Waals surface area (Å²) in [6.45, 7) is -0.695. The van der Waals surface area contributed by atoms with Gasteiger partial charge < -0.3 is 10.4 Å². The van der Waals surface area contributed by atoms with Crippen LogP contribution in [-0.2, 0) is 17.4 Å². The number of alkyl halides is 3. The summed E-state index contributed by atoms with van der Waals surface area (Å²) < 4.78 is 52.7. The van der Waals surface area contributed by atoms with Crippen molar-refractivity contribution in [1.82, 2.24) is 5.32 Å². The maximum absolute atomic E-state index is 13.2. The molecular formula is C17H14BrF4NO2. The highest BCUT2D eigenvalue weighted by molar-refractivity contribution is 9.10. The number of hydrogen-bond donors (Lipinski definition) is 2. The first-order chi connectivity index (χ1) is 11.7. The molecule has 1 amide bonds. The summed E-state index contributed by atoms with van der Waals surface area (Å²) in [6, 6.07) is 7.46. The van der Waals surface area contributed by atoms with E-state index in [4.69, 9.17) is 0 Å². The summed E-state index contributed by atoms with van der Waals surface area (Å²) in [5, 5.41) is 11.8. The third kappa shape index (κ3) is 5.27. The van der Waals surface area contributed by atoms with Gasteiger partial charge in [0.15, 0.2) is 0 Å². The lowest BCUT2D eigenvalue weighted by Gasteiger charge is -2.21. The second kappa shape index (κ2) is 7.97. The van der Waals surface area contributed by atoms with Gasteiger partial charge in [-0.1, -0.05) is 34.1 Å². The van der Waals surface area contributed by atoms with Gasteiger partial charge >= 0.3 is 6.18 Å². The largest absolute Gasteiger partial charge is 0.416 e. The molecule has 8 heteroatoms. The zero-order valence-corrected chi connectivity index (χ0v) is 14.4. The first-order valence-corrected chi connectivity index (χ1v) is 8.01. The molecule has 2 rings (SSSR count). The van der Waals surface area contributed by atoms with Crippen LogP contribution in [0.3, 0.4) is 0 Å². The van der Waals surface area contributed by atoms with Crippen molar-refractivity contribution in [3.8, 4) is 0 Å². The lowest BCUT2D eigenvalue weighted by molar-refractivity contribution is -0.139. The molecule has 0 bridgehead atoms. The Hall–Kier alpha value is -1.93. The summed E-state index contributed by atoms with van der Waals surface area (Å²) in [5.74, 6) is -1.04. The van der Waals surface area contributed by atoms with Gasteiger partial charge in [0.05, 0.1) is 24.6 Å². The molecule has 2 aromatic carbocycles. The summed E-state index contributed by atoms with van der Waals surface area (Å²) in [4.78, 5) is 12.1. The number of amides is 1. The highest BCUT2D eigenvalue weighted by Crippen LogP contribution is 2.36. The molecule has 0 fully saturated rings. The minimum Gasteiger partial charge on any atom is -0.394 e. The van der Waals surface area contributed by atoms with Gasteiger partial charge in [0.1, 0.15) is 5.82 Å². The topological polar surface area (TPSA) is 49.3 Å². The third-order valence-corrected chi connectivity index (χ3v) is 3.99. The Morgan fingerprint density at radius 1 is 1.16 bits per heavy atom. The van der Waals surface area contributed by atoms with E-state index in [9.17, 15) is 27.5 Å². The number of carbonyl (C=O) groups is 1. The Labute approximate surface area is 149 Å².